The topological polar surface area (TPSA) is 94.3 Å². The molecule has 0 amide bonds. The van der Waals surface area contributed by atoms with Gasteiger partial charge in [-0.2, -0.15) is 11.8 Å². The number of thioether (sulfide) groups is 1. The predicted molar refractivity (Wildman–Crippen MR) is 80.6 cm³/mol. The van der Waals surface area contributed by atoms with Crippen LogP contribution in [0.1, 0.15) is 29.6 Å². The maximum absolute atomic E-state index is 12.4. The first-order valence-corrected chi connectivity index (χ1v) is 9.39. The lowest BCUT2D eigenvalue weighted by Gasteiger charge is -2.19. The second-order valence-electron chi connectivity index (χ2n) is 4.93. The van der Waals surface area contributed by atoms with Gasteiger partial charge in [-0.05, 0) is 30.7 Å². The molecule has 0 aromatic heterocycles. The summed E-state index contributed by atoms with van der Waals surface area (Å²) in [5, 5.41) is 10.9. The van der Waals surface area contributed by atoms with Crippen molar-refractivity contribution in [1.82, 2.24) is 0 Å². The molecule has 0 bridgehead atoms. The Morgan fingerprint density at radius 3 is 2.62 bits per heavy atom. The zero-order valence-electron chi connectivity index (χ0n) is 11.4. The molecule has 8 heteroatoms. The molecule has 0 saturated carbocycles. The van der Waals surface area contributed by atoms with Gasteiger partial charge in [0.15, 0.2) is 15.6 Å². The van der Waals surface area contributed by atoms with Gasteiger partial charge >= 0.3 is 0 Å². The average molecular weight is 329 g/mol. The number of nitrogens with zero attached hydrogens (tertiary/aromatic N) is 1. The molecule has 114 valence electrons. The summed E-state index contributed by atoms with van der Waals surface area (Å²) in [6.45, 7) is 0. The summed E-state index contributed by atoms with van der Waals surface area (Å²) in [6.07, 6.45) is 3.65. The van der Waals surface area contributed by atoms with Crippen molar-refractivity contribution in [3.05, 3.63) is 33.9 Å². The van der Waals surface area contributed by atoms with Crippen molar-refractivity contribution in [2.45, 2.75) is 29.4 Å². The van der Waals surface area contributed by atoms with Crippen molar-refractivity contribution in [3.63, 3.8) is 0 Å². The van der Waals surface area contributed by atoms with Crippen molar-refractivity contribution in [2.24, 2.45) is 0 Å². The van der Waals surface area contributed by atoms with Crippen molar-refractivity contribution in [3.8, 4) is 0 Å². The van der Waals surface area contributed by atoms with E-state index in [4.69, 9.17) is 0 Å². The highest BCUT2D eigenvalue weighted by atomic mass is 32.2. The summed E-state index contributed by atoms with van der Waals surface area (Å²) in [4.78, 5) is 22.7. The van der Waals surface area contributed by atoms with E-state index in [2.05, 4.69) is 0 Å². The molecule has 1 atom stereocenters. The first-order valence-electron chi connectivity index (χ1n) is 6.45. The first kappa shape index (κ1) is 16.0. The zero-order chi connectivity index (χ0) is 15.6. The van der Waals surface area contributed by atoms with E-state index in [0.29, 0.717) is 6.42 Å². The first-order chi connectivity index (χ1) is 9.80. The smallest absolute Gasteiger partial charge is 0.281 e. The molecule has 1 aromatic rings. The molecule has 1 aliphatic rings. The Balaban J connectivity index is 2.43. The highest BCUT2D eigenvalue weighted by Crippen LogP contribution is 2.31. The standard InChI is InChI=1S/C13H15NO5S2/c1-21(18,19)9-5-6-10(11(8-9)14(16)17)13(15)12-4-2-3-7-20-12/h5-6,8,12H,2-4,7H2,1H3. The second-order valence-corrected chi connectivity index (χ2v) is 8.25. The number of carbonyl (C=O) groups is 1. The van der Waals surface area contributed by atoms with Crippen molar-refractivity contribution >= 4 is 33.1 Å². The fourth-order valence-corrected chi connectivity index (χ4v) is 4.13. The van der Waals surface area contributed by atoms with Crippen LogP contribution in [0.25, 0.3) is 0 Å². The highest BCUT2D eigenvalue weighted by molar-refractivity contribution is 8.00. The summed E-state index contributed by atoms with van der Waals surface area (Å²) in [7, 11) is -3.55. The van der Waals surface area contributed by atoms with Crippen molar-refractivity contribution in [2.75, 3.05) is 12.0 Å². The molecule has 0 aliphatic carbocycles. The van der Waals surface area contributed by atoms with Crippen LogP contribution in [0.2, 0.25) is 0 Å². The van der Waals surface area contributed by atoms with E-state index in [1.807, 2.05) is 0 Å². The number of ketones is 1. The lowest BCUT2D eigenvalue weighted by molar-refractivity contribution is -0.385. The van der Waals surface area contributed by atoms with E-state index in [-0.39, 0.29) is 21.5 Å². The Kier molecular flexibility index (Phi) is 4.67. The molecule has 2 rings (SSSR count). The maximum atomic E-state index is 12.4. The van der Waals surface area contributed by atoms with Gasteiger partial charge in [-0.15, -0.1) is 0 Å². The number of rotatable bonds is 4. The monoisotopic (exact) mass is 329 g/mol. The van der Waals surface area contributed by atoms with Gasteiger partial charge in [0.05, 0.1) is 20.6 Å². The van der Waals surface area contributed by atoms with Gasteiger partial charge < -0.3 is 0 Å². The quantitative estimate of drug-likeness (QED) is 0.478. The van der Waals surface area contributed by atoms with Gasteiger partial charge in [0.25, 0.3) is 5.69 Å². The molecule has 1 aromatic carbocycles. The summed E-state index contributed by atoms with van der Waals surface area (Å²) in [5.74, 6) is 0.581. The van der Waals surface area contributed by atoms with E-state index in [0.717, 1.165) is 30.9 Å². The number of benzene rings is 1. The van der Waals surface area contributed by atoms with Gasteiger partial charge in [0.2, 0.25) is 0 Å². The van der Waals surface area contributed by atoms with Crippen LogP contribution in [0.5, 0.6) is 0 Å². The summed E-state index contributed by atoms with van der Waals surface area (Å²) < 4.78 is 23.0. The maximum Gasteiger partial charge on any atom is 0.281 e. The molecule has 6 nitrogen and oxygen atoms in total. The third-order valence-electron chi connectivity index (χ3n) is 3.33. The van der Waals surface area contributed by atoms with Crippen molar-refractivity contribution < 1.29 is 18.1 Å². The third-order valence-corrected chi connectivity index (χ3v) is 5.82. The summed E-state index contributed by atoms with van der Waals surface area (Å²) in [6, 6.07) is 3.48. The molecule has 1 heterocycles. The van der Waals surface area contributed by atoms with Gasteiger partial charge in [0.1, 0.15) is 0 Å². The summed E-state index contributed by atoms with van der Waals surface area (Å²) >= 11 is 1.51. The van der Waals surface area contributed by atoms with Crippen LogP contribution in [0.3, 0.4) is 0 Å². The normalized spacial score (nSPS) is 19.2. The van der Waals surface area contributed by atoms with Crippen LogP contribution in [-0.2, 0) is 9.84 Å². The van der Waals surface area contributed by atoms with Crippen LogP contribution in [0.4, 0.5) is 5.69 Å². The zero-order valence-corrected chi connectivity index (χ0v) is 13.1. The molecule has 1 aliphatic heterocycles. The number of nitro groups is 1. The predicted octanol–water partition coefficient (Wildman–Crippen LogP) is 2.47. The molecule has 0 radical (unpaired) electrons. The minimum Gasteiger partial charge on any atom is -0.293 e. The molecule has 1 fully saturated rings. The number of sulfone groups is 1. The van der Waals surface area contributed by atoms with Crippen LogP contribution in [-0.4, -0.2) is 36.4 Å². The second kappa shape index (κ2) is 6.15. The number of hydrogen-bond donors (Lipinski definition) is 0. The minimum absolute atomic E-state index is 0.00759. The largest absolute Gasteiger partial charge is 0.293 e. The Morgan fingerprint density at radius 1 is 1.38 bits per heavy atom. The number of Topliss-reactive ketones (excluding diaryl/α,β-unsaturated/α-hetero) is 1. The molecule has 0 N–H and O–H groups in total. The van der Waals surface area contributed by atoms with Gasteiger partial charge in [-0.1, -0.05) is 6.42 Å². The number of nitro benzene ring substituents is 1. The fraction of sp³-hybridized carbons (Fsp3) is 0.462. The van der Waals surface area contributed by atoms with E-state index in [1.54, 1.807) is 0 Å². The Bertz CT molecular complexity index is 678. The SMILES string of the molecule is CS(=O)(=O)c1ccc(C(=O)C2CCCCS2)c([N+](=O)[O-])c1. The van der Waals surface area contributed by atoms with E-state index < -0.39 is 20.4 Å². The van der Waals surface area contributed by atoms with E-state index in [1.165, 1.54) is 23.9 Å². The molecular weight excluding hydrogens is 314 g/mol. The van der Waals surface area contributed by atoms with Gasteiger partial charge in [0, 0.05) is 12.3 Å². The minimum atomic E-state index is -3.55. The molecule has 1 saturated heterocycles. The number of hydrogen-bond acceptors (Lipinski definition) is 6. The Hall–Kier alpha value is -1.41. The highest BCUT2D eigenvalue weighted by Gasteiger charge is 2.29. The fourth-order valence-electron chi connectivity index (χ4n) is 2.22. The average Bonchev–Trinajstić information content (AvgIpc) is 2.45. The van der Waals surface area contributed by atoms with Gasteiger partial charge in [-0.3, -0.25) is 14.9 Å². The molecular formula is C13H15NO5S2. The van der Waals surface area contributed by atoms with Crippen LogP contribution in [0, 0.1) is 10.1 Å². The molecule has 21 heavy (non-hydrogen) atoms. The molecule has 1 unspecified atom stereocenters. The Morgan fingerprint density at radius 2 is 2.10 bits per heavy atom. The lowest BCUT2D eigenvalue weighted by atomic mass is 10.0. The van der Waals surface area contributed by atoms with Crippen LogP contribution >= 0.6 is 11.8 Å². The van der Waals surface area contributed by atoms with Crippen LogP contribution < -0.4 is 0 Å². The van der Waals surface area contributed by atoms with E-state index in [9.17, 15) is 23.3 Å². The lowest BCUT2D eigenvalue weighted by Crippen LogP contribution is -2.22. The number of carbonyl (C=O) groups excluding carboxylic acids is 1. The summed E-state index contributed by atoms with van der Waals surface area (Å²) in [5.41, 5.74) is -0.444. The van der Waals surface area contributed by atoms with Crippen molar-refractivity contribution in [1.29, 1.82) is 0 Å². The molecule has 0 spiro atoms. The van der Waals surface area contributed by atoms with Gasteiger partial charge in [-0.25, -0.2) is 8.42 Å². The third kappa shape index (κ3) is 3.62. The van der Waals surface area contributed by atoms with E-state index >= 15 is 0 Å². The van der Waals surface area contributed by atoms with Crippen LogP contribution in [0.15, 0.2) is 23.1 Å². The Labute approximate surface area is 127 Å².